The fourth-order valence-corrected chi connectivity index (χ4v) is 3.08. The fourth-order valence-electron chi connectivity index (χ4n) is 3.08. The lowest BCUT2D eigenvalue weighted by Crippen LogP contribution is -2.08. The zero-order valence-corrected chi connectivity index (χ0v) is 16.5. The molecule has 0 saturated carbocycles. The highest BCUT2D eigenvalue weighted by Crippen LogP contribution is 2.42. The van der Waals surface area contributed by atoms with Gasteiger partial charge in [-0.05, 0) is 62.1 Å². The van der Waals surface area contributed by atoms with Crippen LogP contribution in [0.4, 0.5) is 0 Å². The molecule has 0 atom stereocenters. The molecule has 2 aromatic rings. The molecule has 0 unspecified atom stereocenters. The van der Waals surface area contributed by atoms with Crippen LogP contribution in [-0.2, 0) is 17.6 Å². The van der Waals surface area contributed by atoms with Crippen LogP contribution in [0.25, 0.3) is 0 Å². The third kappa shape index (κ3) is 5.06. The Morgan fingerprint density at radius 3 is 2.39 bits per heavy atom. The van der Waals surface area contributed by atoms with Crippen LogP contribution >= 0.6 is 0 Å². The Kier molecular flexibility index (Phi) is 6.24. The second-order valence-electron chi connectivity index (χ2n) is 7.14. The van der Waals surface area contributed by atoms with Crippen LogP contribution in [0, 0.1) is 0 Å². The van der Waals surface area contributed by atoms with Gasteiger partial charge in [-0.3, -0.25) is 4.79 Å². The molecular formula is C23H26O5. The van der Waals surface area contributed by atoms with Crippen molar-refractivity contribution in [1.82, 2.24) is 0 Å². The summed E-state index contributed by atoms with van der Waals surface area (Å²) in [6.45, 7) is 3.89. The summed E-state index contributed by atoms with van der Waals surface area (Å²) in [4.78, 5) is 12.1. The molecule has 4 rings (SSSR count). The standard InChI is InChI=1S/C23H26O5/c1-15(2)27-23-21(26-3)12-17-5-9-19(25)14-18(24)8-4-16-6-10-20(11-7-16)28-22(23)13-17/h6-7,10-15,25H,4-5,8-9H2,1-3H3/b19-14+. The summed E-state index contributed by atoms with van der Waals surface area (Å²) >= 11 is 0. The van der Waals surface area contributed by atoms with E-state index >= 15 is 0 Å². The Morgan fingerprint density at radius 1 is 1.00 bits per heavy atom. The predicted octanol–water partition coefficient (Wildman–Crippen LogP) is 5.16. The maximum absolute atomic E-state index is 12.1. The number of rotatable bonds is 3. The number of carbonyl (C=O) groups excluding carboxylic acids is 1. The van der Waals surface area contributed by atoms with E-state index in [1.54, 1.807) is 7.11 Å². The number of allylic oxidation sites excluding steroid dienone is 2. The van der Waals surface area contributed by atoms with Crippen molar-refractivity contribution in [2.24, 2.45) is 0 Å². The molecule has 2 heterocycles. The fraction of sp³-hybridized carbons (Fsp3) is 0.348. The highest BCUT2D eigenvalue weighted by Gasteiger charge is 2.18. The minimum Gasteiger partial charge on any atom is -0.512 e. The molecule has 1 N–H and O–H groups in total. The summed E-state index contributed by atoms with van der Waals surface area (Å²) in [6, 6.07) is 11.4. The van der Waals surface area contributed by atoms with E-state index in [1.807, 2.05) is 50.2 Å². The first kappa shape index (κ1) is 19.8. The van der Waals surface area contributed by atoms with Gasteiger partial charge in [0.25, 0.3) is 0 Å². The van der Waals surface area contributed by atoms with E-state index in [2.05, 4.69) is 0 Å². The maximum Gasteiger partial charge on any atom is 0.204 e. The number of carbonyl (C=O) groups is 1. The first-order valence-corrected chi connectivity index (χ1v) is 9.51. The van der Waals surface area contributed by atoms with Crippen molar-refractivity contribution < 1.29 is 24.1 Å². The quantitative estimate of drug-likeness (QED) is 0.794. The number of ether oxygens (including phenoxy) is 3. The zero-order chi connectivity index (χ0) is 20.1. The molecule has 5 nitrogen and oxygen atoms in total. The van der Waals surface area contributed by atoms with Gasteiger partial charge in [0.15, 0.2) is 17.3 Å². The number of hydrogen-bond acceptors (Lipinski definition) is 5. The Labute approximate surface area is 165 Å². The maximum atomic E-state index is 12.1. The number of ketones is 1. The van der Waals surface area contributed by atoms with Gasteiger partial charge < -0.3 is 19.3 Å². The number of benzene rings is 2. The van der Waals surface area contributed by atoms with Crippen molar-refractivity contribution in [2.45, 2.75) is 45.6 Å². The van der Waals surface area contributed by atoms with Gasteiger partial charge in [-0.2, -0.15) is 0 Å². The third-order valence-electron chi connectivity index (χ3n) is 4.46. The SMILES string of the molecule is COc1cc2cc(c1OC(C)C)Oc1ccc(cc1)CCC(=O)/C=C(/O)CC2. The molecule has 0 fully saturated rings. The van der Waals surface area contributed by atoms with Gasteiger partial charge in [0, 0.05) is 18.9 Å². The number of aryl methyl sites for hydroxylation is 2. The largest absolute Gasteiger partial charge is 0.512 e. The third-order valence-corrected chi connectivity index (χ3v) is 4.46. The summed E-state index contributed by atoms with van der Waals surface area (Å²) in [5.74, 6) is 2.36. The van der Waals surface area contributed by atoms with Crippen LogP contribution in [0.2, 0.25) is 0 Å². The van der Waals surface area contributed by atoms with Gasteiger partial charge in [0.05, 0.1) is 19.0 Å². The first-order valence-electron chi connectivity index (χ1n) is 9.51. The average molecular weight is 382 g/mol. The van der Waals surface area contributed by atoms with Crippen LogP contribution in [0.3, 0.4) is 0 Å². The molecule has 0 aromatic heterocycles. The van der Waals surface area contributed by atoms with Crippen molar-refractivity contribution in [1.29, 1.82) is 0 Å². The molecule has 0 saturated heterocycles. The van der Waals surface area contributed by atoms with Crippen LogP contribution in [0.15, 0.2) is 48.2 Å². The summed E-state index contributed by atoms with van der Waals surface area (Å²) in [5.41, 5.74) is 1.95. The van der Waals surface area contributed by atoms with E-state index in [0.29, 0.717) is 48.7 Å². The van der Waals surface area contributed by atoms with Crippen LogP contribution < -0.4 is 14.2 Å². The van der Waals surface area contributed by atoms with Crippen molar-refractivity contribution in [3.63, 3.8) is 0 Å². The lowest BCUT2D eigenvalue weighted by atomic mass is 10.1. The molecule has 4 bridgehead atoms. The Morgan fingerprint density at radius 2 is 1.71 bits per heavy atom. The molecule has 2 aliphatic heterocycles. The second kappa shape index (κ2) is 8.83. The van der Waals surface area contributed by atoms with E-state index in [-0.39, 0.29) is 17.6 Å². The minimum atomic E-state index is -0.0772. The Balaban J connectivity index is 2.06. The molecule has 0 amide bonds. The van der Waals surface area contributed by atoms with E-state index in [9.17, 15) is 9.90 Å². The lowest BCUT2D eigenvalue weighted by molar-refractivity contribution is -0.114. The van der Waals surface area contributed by atoms with Gasteiger partial charge in [-0.15, -0.1) is 0 Å². The molecule has 2 aliphatic rings. The predicted molar refractivity (Wildman–Crippen MR) is 108 cm³/mol. The van der Waals surface area contributed by atoms with Gasteiger partial charge in [-0.25, -0.2) is 0 Å². The molecule has 0 spiro atoms. The van der Waals surface area contributed by atoms with Crippen molar-refractivity contribution in [2.75, 3.05) is 7.11 Å². The summed E-state index contributed by atoms with van der Waals surface area (Å²) in [7, 11) is 1.59. The Bertz CT molecular complexity index is 865. The second-order valence-corrected chi connectivity index (χ2v) is 7.14. The summed E-state index contributed by atoms with van der Waals surface area (Å²) < 4.78 is 17.6. The first-order chi connectivity index (χ1) is 13.4. The molecule has 0 radical (unpaired) electrons. The highest BCUT2D eigenvalue weighted by atomic mass is 16.5. The number of fused-ring (bicyclic) bond motifs is 7. The highest BCUT2D eigenvalue weighted by molar-refractivity contribution is 5.90. The van der Waals surface area contributed by atoms with Gasteiger partial charge >= 0.3 is 0 Å². The lowest BCUT2D eigenvalue weighted by Gasteiger charge is -2.19. The summed E-state index contributed by atoms with van der Waals surface area (Å²) in [6.07, 6.45) is 3.17. The molecule has 0 aliphatic carbocycles. The topological polar surface area (TPSA) is 65.0 Å². The molecule has 5 heteroatoms. The number of hydrogen-bond donors (Lipinski definition) is 1. The monoisotopic (exact) mass is 382 g/mol. The van der Waals surface area contributed by atoms with Gasteiger partial charge in [0.1, 0.15) is 5.75 Å². The van der Waals surface area contributed by atoms with Gasteiger partial charge in [-0.1, -0.05) is 12.1 Å². The number of methoxy groups -OCH3 is 1. The molecule has 28 heavy (non-hydrogen) atoms. The van der Waals surface area contributed by atoms with Crippen LogP contribution in [-0.4, -0.2) is 24.1 Å². The number of aliphatic hydroxyl groups is 1. The molecule has 148 valence electrons. The number of aliphatic hydroxyl groups excluding tert-OH is 1. The average Bonchev–Trinajstić information content (AvgIpc) is 2.67. The van der Waals surface area contributed by atoms with E-state index in [4.69, 9.17) is 14.2 Å². The van der Waals surface area contributed by atoms with Crippen molar-refractivity contribution in [3.8, 4) is 23.0 Å². The molecular weight excluding hydrogens is 356 g/mol. The smallest absolute Gasteiger partial charge is 0.204 e. The summed E-state index contributed by atoms with van der Waals surface area (Å²) in [5, 5.41) is 10.1. The van der Waals surface area contributed by atoms with E-state index < -0.39 is 0 Å². The van der Waals surface area contributed by atoms with Crippen LogP contribution in [0.1, 0.15) is 37.8 Å². The van der Waals surface area contributed by atoms with Crippen molar-refractivity contribution in [3.05, 3.63) is 59.4 Å². The Hall–Kier alpha value is -2.95. The normalized spacial score (nSPS) is 16.6. The molecule has 2 aromatic carbocycles. The van der Waals surface area contributed by atoms with Crippen LogP contribution in [0.5, 0.6) is 23.0 Å². The van der Waals surface area contributed by atoms with Gasteiger partial charge in [0.2, 0.25) is 5.75 Å². The van der Waals surface area contributed by atoms with E-state index in [1.165, 1.54) is 6.08 Å². The minimum absolute atomic E-state index is 0.0448. The zero-order valence-electron chi connectivity index (χ0n) is 16.5. The van der Waals surface area contributed by atoms with Crippen molar-refractivity contribution >= 4 is 5.78 Å². The van der Waals surface area contributed by atoms with E-state index in [0.717, 1.165) is 11.1 Å².